The van der Waals surface area contributed by atoms with Crippen molar-refractivity contribution in [1.82, 2.24) is 0 Å². The SMILES string of the molecule is COc1ccc(C)cc1N1CC(C(=O)Nc2ccc(C(C)C)cc2)CC1=O. The number of hydrogen-bond donors (Lipinski definition) is 1. The fourth-order valence-corrected chi connectivity index (χ4v) is 3.32. The second-order valence-electron chi connectivity index (χ2n) is 7.35. The summed E-state index contributed by atoms with van der Waals surface area (Å²) in [5.41, 5.74) is 3.74. The number of benzene rings is 2. The summed E-state index contributed by atoms with van der Waals surface area (Å²) in [6.07, 6.45) is 0.201. The van der Waals surface area contributed by atoms with Crippen molar-refractivity contribution in [2.24, 2.45) is 5.92 Å². The molecule has 1 aliphatic rings. The van der Waals surface area contributed by atoms with Crippen LogP contribution in [0.15, 0.2) is 42.5 Å². The molecule has 0 bridgehead atoms. The fraction of sp³-hybridized carbons (Fsp3) is 0.364. The number of aryl methyl sites for hydroxylation is 1. The van der Waals surface area contributed by atoms with Crippen molar-refractivity contribution in [3.05, 3.63) is 53.6 Å². The molecule has 0 radical (unpaired) electrons. The molecule has 0 spiro atoms. The lowest BCUT2D eigenvalue weighted by Crippen LogP contribution is -2.28. The largest absolute Gasteiger partial charge is 0.495 e. The number of nitrogens with one attached hydrogen (secondary N) is 1. The molecule has 1 saturated heterocycles. The van der Waals surface area contributed by atoms with E-state index in [1.54, 1.807) is 12.0 Å². The first kappa shape index (κ1) is 19.0. The third-order valence-corrected chi connectivity index (χ3v) is 4.97. The molecule has 2 aromatic carbocycles. The molecule has 0 aromatic heterocycles. The van der Waals surface area contributed by atoms with Gasteiger partial charge in [0.25, 0.3) is 0 Å². The van der Waals surface area contributed by atoms with Crippen molar-refractivity contribution in [1.29, 1.82) is 0 Å². The van der Waals surface area contributed by atoms with Crippen LogP contribution in [0.2, 0.25) is 0 Å². The summed E-state index contributed by atoms with van der Waals surface area (Å²) in [6.45, 7) is 6.58. The van der Waals surface area contributed by atoms with Gasteiger partial charge in [0.05, 0.1) is 18.7 Å². The van der Waals surface area contributed by atoms with Gasteiger partial charge in [0.15, 0.2) is 0 Å². The van der Waals surface area contributed by atoms with Gasteiger partial charge in [-0.15, -0.1) is 0 Å². The summed E-state index contributed by atoms with van der Waals surface area (Å²) in [6, 6.07) is 13.6. The van der Waals surface area contributed by atoms with Crippen LogP contribution in [0, 0.1) is 12.8 Å². The van der Waals surface area contributed by atoms with Crippen molar-refractivity contribution in [2.75, 3.05) is 23.9 Å². The minimum absolute atomic E-state index is 0.0609. The molecule has 0 saturated carbocycles. The first-order chi connectivity index (χ1) is 12.9. The second-order valence-corrected chi connectivity index (χ2v) is 7.35. The normalized spacial score (nSPS) is 16.7. The maximum Gasteiger partial charge on any atom is 0.229 e. The molecule has 1 aliphatic heterocycles. The second kappa shape index (κ2) is 7.82. The third kappa shape index (κ3) is 4.13. The molecule has 5 nitrogen and oxygen atoms in total. The molecule has 1 atom stereocenters. The molecule has 0 aliphatic carbocycles. The standard InChI is InChI=1S/C22H26N2O3/c1-14(2)16-6-8-18(9-7-16)23-22(26)17-12-21(25)24(13-17)19-11-15(3)5-10-20(19)27-4/h5-11,14,17H,12-13H2,1-4H3,(H,23,26). The van der Waals surface area contributed by atoms with E-state index in [4.69, 9.17) is 4.74 Å². The quantitative estimate of drug-likeness (QED) is 0.866. The van der Waals surface area contributed by atoms with Gasteiger partial charge in [-0.05, 0) is 48.2 Å². The topological polar surface area (TPSA) is 58.6 Å². The number of amides is 2. The summed E-state index contributed by atoms with van der Waals surface area (Å²) in [7, 11) is 1.58. The van der Waals surface area contributed by atoms with Crippen LogP contribution in [0.5, 0.6) is 5.75 Å². The Morgan fingerprint density at radius 3 is 2.52 bits per heavy atom. The average molecular weight is 366 g/mol. The van der Waals surface area contributed by atoms with Gasteiger partial charge in [0, 0.05) is 18.7 Å². The lowest BCUT2D eigenvalue weighted by molar-refractivity contribution is -0.122. The molecule has 27 heavy (non-hydrogen) atoms. The van der Waals surface area contributed by atoms with E-state index in [1.807, 2.05) is 49.4 Å². The Labute approximate surface area is 160 Å². The summed E-state index contributed by atoms with van der Waals surface area (Å²) in [5.74, 6) is 0.510. The van der Waals surface area contributed by atoms with Gasteiger partial charge in [-0.3, -0.25) is 9.59 Å². The van der Waals surface area contributed by atoms with Crippen molar-refractivity contribution in [3.63, 3.8) is 0 Å². The highest BCUT2D eigenvalue weighted by molar-refractivity contribution is 6.04. The van der Waals surface area contributed by atoms with Gasteiger partial charge in [0.2, 0.25) is 11.8 Å². The number of carbonyl (C=O) groups excluding carboxylic acids is 2. The maximum atomic E-state index is 12.7. The zero-order chi connectivity index (χ0) is 19.6. The van der Waals surface area contributed by atoms with Crippen molar-refractivity contribution in [2.45, 2.75) is 33.1 Å². The van der Waals surface area contributed by atoms with Crippen LogP contribution in [-0.2, 0) is 9.59 Å². The van der Waals surface area contributed by atoms with Crippen LogP contribution < -0.4 is 15.0 Å². The molecule has 3 rings (SSSR count). The lowest BCUT2D eigenvalue weighted by atomic mass is 10.0. The highest BCUT2D eigenvalue weighted by atomic mass is 16.5. The van der Waals surface area contributed by atoms with Gasteiger partial charge in [0.1, 0.15) is 5.75 Å². The minimum Gasteiger partial charge on any atom is -0.495 e. The predicted molar refractivity (Wildman–Crippen MR) is 107 cm³/mol. The number of nitrogens with zero attached hydrogens (tertiary/aromatic N) is 1. The van der Waals surface area contributed by atoms with E-state index in [-0.39, 0.29) is 24.2 Å². The summed E-state index contributed by atoms with van der Waals surface area (Å²) >= 11 is 0. The number of methoxy groups -OCH3 is 1. The number of ether oxygens (including phenoxy) is 1. The summed E-state index contributed by atoms with van der Waals surface area (Å²) in [5, 5.41) is 2.93. The minimum atomic E-state index is -0.382. The first-order valence-electron chi connectivity index (χ1n) is 9.25. The van der Waals surface area contributed by atoms with Crippen molar-refractivity contribution < 1.29 is 14.3 Å². The van der Waals surface area contributed by atoms with E-state index >= 15 is 0 Å². The first-order valence-corrected chi connectivity index (χ1v) is 9.25. The number of rotatable bonds is 5. The molecule has 2 aromatic rings. The Balaban J connectivity index is 1.71. The highest BCUT2D eigenvalue weighted by Gasteiger charge is 2.36. The van der Waals surface area contributed by atoms with Gasteiger partial charge in [-0.2, -0.15) is 0 Å². The van der Waals surface area contributed by atoms with Gasteiger partial charge >= 0.3 is 0 Å². The van der Waals surface area contributed by atoms with Gasteiger partial charge in [-0.25, -0.2) is 0 Å². The Hall–Kier alpha value is -2.82. The number of anilines is 2. The average Bonchev–Trinajstić information content (AvgIpc) is 3.04. The fourth-order valence-electron chi connectivity index (χ4n) is 3.32. The van der Waals surface area contributed by atoms with E-state index in [2.05, 4.69) is 19.2 Å². The molecule has 5 heteroatoms. The zero-order valence-corrected chi connectivity index (χ0v) is 16.3. The number of carbonyl (C=O) groups is 2. The predicted octanol–water partition coefficient (Wildman–Crippen LogP) is 4.12. The van der Waals surface area contributed by atoms with Crippen LogP contribution in [0.1, 0.15) is 37.3 Å². The van der Waals surface area contributed by atoms with E-state index in [0.717, 1.165) is 16.9 Å². The van der Waals surface area contributed by atoms with Crippen LogP contribution in [0.4, 0.5) is 11.4 Å². The summed E-state index contributed by atoms with van der Waals surface area (Å²) < 4.78 is 5.39. The van der Waals surface area contributed by atoms with Crippen LogP contribution in [0.25, 0.3) is 0 Å². The molecule has 1 N–H and O–H groups in total. The van der Waals surface area contributed by atoms with Crippen LogP contribution in [0.3, 0.4) is 0 Å². The van der Waals surface area contributed by atoms with Crippen molar-refractivity contribution in [3.8, 4) is 5.75 Å². The zero-order valence-electron chi connectivity index (χ0n) is 16.3. The van der Waals surface area contributed by atoms with Gasteiger partial charge < -0.3 is 15.0 Å². The van der Waals surface area contributed by atoms with E-state index in [0.29, 0.717) is 18.2 Å². The Kier molecular flexibility index (Phi) is 5.49. The Bertz CT molecular complexity index is 843. The molecule has 142 valence electrons. The van der Waals surface area contributed by atoms with E-state index in [1.165, 1.54) is 5.56 Å². The lowest BCUT2D eigenvalue weighted by Gasteiger charge is -2.20. The van der Waals surface area contributed by atoms with Crippen molar-refractivity contribution >= 4 is 23.2 Å². The monoisotopic (exact) mass is 366 g/mol. The van der Waals surface area contributed by atoms with Gasteiger partial charge in [-0.1, -0.05) is 32.0 Å². The number of hydrogen-bond acceptors (Lipinski definition) is 3. The molecule has 1 heterocycles. The molecule has 2 amide bonds. The smallest absolute Gasteiger partial charge is 0.229 e. The Morgan fingerprint density at radius 1 is 1.19 bits per heavy atom. The van der Waals surface area contributed by atoms with Crippen LogP contribution >= 0.6 is 0 Å². The van der Waals surface area contributed by atoms with Crippen LogP contribution in [-0.4, -0.2) is 25.5 Å². The van der Waals surface area contributed by atoms with E-state index < -0.39 is 0 Å². The Morgan fingerprint density at radius 2 is 1.89 bits per heavy atom. The molecular formula is C22H26N2O3. The van der Waals surface area contributed by atoms with E-state index in [9.17, 15) is 9.59 Å². The molecule has 1 unspecified atom stereocenters. The summed E-state index contributed by atoms with van der Waals surface area (Å²) in [4.78, 5) is 26.8. The molecular weight excluding hydrogens is 340 g/mol. The molecule has 1 fully saturated rings. The highest BCUT2D eigenvalue weighted by Crippen LogP contribution is 2.34. The third-order valence-electron chi connectivity index (χ3n) is 4.97. The maximum absolute atomic E-state index is 12.7.